The van der Waals surface area contributed by atoms with Crippen molar-refractivity contribution in [2.75, 3.05) is 10.6 Å². The number of aromatic nitrogens is 1. The quantitative estimate of drug-likeness (QED) is 0.349. The summed E-state index contributed by atoms with van der Waals surface area (Å²) < 4.78 is 93.9. The molecule has 0 aliphatic heterocycles. The fourth-order valence-electron chi connectivity index (χ4n) is 3.62. The first-order valence-corrected chi connectivity index (χ1v) is 10.8. The maximum Gasteiger partial charge on any atom is 0.435 e. The lowest BCUT2D eigenvalue weighted by Gasteiger charge is -2.31. The Kier molecular flexibility index (Phi) is 7.61. The molecule has 0 bridgehead atoms. The summed E-state index contributed by atoms with van der Waals surface area (Å²) in [5, 5.41) is 5.03. The highest BCUT2D eigenvalue weighted by atomic mass is 19.4. The minimum Gasteiger partial charge on any atom is -0.321 e. The van der Waals surface area contributed by atoms with Crippen LogP contribution >= 0.6 is 0 Å². The van der Waals surface area contributed by atoms with Crippen LogP contribution in [0.3, 0.4) is 0 Å². The Balaban J connectivity index is 1.91. The lowest BCUT2D eigenvalue weighted by Crippen LogP contribution is -2.50. The average molecular weight is 527 g/mol. The van der Waals surface area contributed by atoms with Gasteiger partial charge in [0.05, 0.1) is 0 Å². The zero-order valence-corrected chi connectivity index (χ0v) is 19.4. The summed E-state index contributed by atoms with van der Waals surface area (Å²) in [6, 6.07) is 11.3. The number of nitrogens with one attached hydrogen (secondary N) is 2. The summed E-state index contributed by atoms with van der Waals surface area (Å²) in [4.78, 5) is 29.1. The number of carbonyl (C=O) groups is 2. The number of halogens is 7. The lowest BCUT2D eigenvalue weighted by atomic mass is 9.89. The van der Waals surface area contributed by atoms with E-state index in [4.69, 9.17) is 0 Å². The molecule has 2 N–H and O–H groups in total. The Morgan fingerprint density at radius 3 is 2.08 bits per heavy atom. The first-order chi connectivity index (χ1) is 17.2. The van der Waals surface area contributed by atoms with Crippen molar-refractivity contribution in [1.29, 1.82) is 0 Å². The molecule has 0 saturated heterocycles. The number of pyridine rings is 1. The maximum atomic E-state index is 14.6. The predicted molar refractivity (Wildman–Crippen MR) is 122 cm³/mol. The van der Waals surface area contributed by atoms with Crippen LogP contribution in [0.5, 0.6) is 0 Å². The van der Waals surface area contributed by atoms with Gasteiger partial charge in [-0.05, 0) is 60.9 Å². The molecule has 5 nitrogen and oxygen atoms in total. The molecular weight excluding hydrogens is 507 g/mol. The normalized spacial score (nSPS) is 12.2. The van der Waals surface area contributed by atoms with Crippen LogP contribution in [0, 0.1) is 6.92 Å². The number of nitrogens with zero attached hydrogens (tertiary/aromatic N) is 1. The standard InChI is InChI=1S/C25H20F7N3O2/c1-3-15-12-17(23(26,24(27,28)29)25(30,31)32)11-14(2)20(15)35-21(36)16-7-6-8-18(13-16)34-22(37)19-9-4-5-10-33-19/h4-13H,3H2,1-2H3,(H,34,37)(H,35,36). The second kappa shape index (κ2) is 10.2. The van der Waals surface area contributed by atoms with Gasteiger partial charge in [-0.2, -0.15) is 26.3 Å². The number of hydrogen-bond acceptors (Lipinski definition) is 3. The zero-order valence-electron chi connectivity index (χ0n) is 19.4. The summed E-state index contributed by atoms with van der Waals surface area (Å²) in [6.45, 7) is 2.60. The third kappa shape index (κ3) is 5.57. The number of benzene rings is 2. The van der Waals surface area contributed by atoms with E-state index in [1.165, 1.54) is 43.5 Å². The Morgan fingerprint density at radius 2 is 1.51 bits per heavy atom. The van der Waals surface area contributed by atoms with Crippen LogP contribution in [0.15, 0.2) is 60.8 Å². The number of aryl methyl sites for hydroxylation is 2. The topological polar surface area (TPSA) is 71.1 Å². The molecule has 3 aromatic rings. The summed E-state index contributed by atoms with van der Waals surface area (Å²) in [5.41, 5.74) is -7.18. The fourth-order valence-corrected chi connectivity index (χ4v) is 3.62. The van der Waals surface area contributed by atoms with Crippen LogP contribution < -0.4 is 10.6 Å². The van der Waals surface area contributed by atoms with Crippen molar-refractivity contribution in [3.63, 3.8) is 0 Å². The molecule has 0 aliphatic carbocycles. The first-order valence-electron chi connectivity index (χ1n) is 10.8. The summed E-state index contributed by atoms with van der Waals surface area (Å²) in [7, 11) is 0. The molecule has 0 atom stereocenters. The summed E-state index contributed by atoms with van der Waals surface area (Å²) >= 11 is 0. The van der Waals surface area contributed by atoms with Crippen LogP contribution in [-0.4, -0.2) is 29.2 Å². The first kappa shape index (κ1) is 27.6. The van der Waals surface area contributed by atoms with Gasteiger partial charge >= 0.3 is 18.0 Å². The maximum absolute atomic E-state index is 14.6. The number of amides is 2. The Morgan fingerprint density at radius 1 is 0.838 bits per heavy atom. The van der Waals surface area contributed by atoms with E-state index in [0.717, 1.165) is 6.92 Å². The van der Waals surface area contributed by atoms with Gasteiger partial charge in [0.25, 0.3) is 11.8 Å². The molecule has 1 heterocycles. The van der Waals surface area contributed by atoms with Crippen molar-refractivity contribution in [2.24, 2.45) is 0 Å². The average Bonchev–Trinajstić information content (AvgIpc) is 2.83. The molecule has 37 heavy (non-hydrogen) atoms. The lowest BCUT2D eigenvalue weighted by molar-refractivity contribution is -0.348. The van der Waals surface area contributed by atoms with E-state index >= 15 is 0 Å². The molecule has 12 heteroatoms. The third-order valence-electron chi connectivity index (χ3n) is 5.50. The molecule has 3 rings (SSSR count). The minimum absolute atomic E-state index is 0.0368. The minimum atomic E-state index is -6.26. The van der Waals surface area contributed by atoms with Gasteiger partial charge in [0, 0.05) is 28.7 Å². The van der Waals surface area contributed by atoms with Crippen molar-refractivity contribution >= 4 is 23.2 Å². The SMILES string of the molecule is CCc1cc(C(F)(C(F)(F)F)C(F)(F)F)cc(C)c1NC(=O)c1cccc(NC(=O)c2ccccn2)c1. The Labute approximate surface area is 206 Å². The Hall–Kier alpha value is -3.96. The molecule has 1 aromatic heterocycles. The van der Waals surface area contributed by atoms with E-state index in [0.29, 0.717) is 12.1 Å². The molecular formula is C25H20F7N3O2. The Bertz CT molecular complexity index is 1290. The van der Waals surface area contributed by atoms with E-state index in [-0.39, 0.29) is 40.2 Å². The molecule has 0 spiro atoms. The van der Waals surface area contributed by atoms with Gasteiger partial charge in [0.2, 0.25) is 0 Å². The summed E-state index contributed by atoms with van der Waals surface area (Å²) in [6.07, 6.45) is -11.2. The van der Waals surface area contributed by atoms with Crippen LogP contribution in [0.4, 0.5) is 42.1 Å². The highest BCUT2D eigenvalue weighted by Crippen LogP contribution is 2.53. The zero-order chi connectivity index (χ0) is 27.6. The fraction of sp³-hybridized carbons (Fsp3) is 0.240. The molecule has 2 aromatic carbocycles. The van der Waals surface area contributed by atoms with Crippen LogP contribution in [0.25, 0.3) is 0 Å². The number of hydrogen-bond donors (Lipinski definition) is 2. The van der Waals surface area contributed by atoms with E-state index in [1.807, 2.05) is 0 Å². The van der Waals surface area contributed by atoms with Gasteiger partial charge in [-0.15, -0.1) is 0 Å². The highest BCUT2D eigenvalue weighted by molar-refractivity contribution is 6.07. The highest BCUT2D eigenvalue weighted by Gasteiger charge is 2.73. The number of alkyl halides is 7. The van der Waals surface area contributed by atoms with Gasteiger partial charge in [0.15, 0.2) is 0 Å². The van der Waals surface area contributed by atoms with Crippen molar-refractivity contribution in [3.05, 3.63) is 88.7 Å². The number of carbonyl (C=O) groups excluding carboxylic acids is 2. The van der Waals surface area contributed by atoms with Crippen molar-refractivity contribution < 1.29 is 40.3 Å². The molecule has 0 fully saturated rings. The van der Waals surface area contributed by atoms with Gasteiger partial charge in [-0.1, -0.05) is 25.1 Å². The van der Waals surface area contributed by atoms with E-state index in [9.17, 15) is 40.3 Å². The van der Waals surface area contributed by atoms with Crippen molar-refractivity contribution in [3.8, 4) is 0 Å². The van der Waals surface area contributed by atoms with Gasteiger partial charge < -0.3 is 10.6 Å². The van der Waals surface area contributed by atoms with Gasteiger partial charge in [-0.3, -0.25) is 14.6 Å². The third-order valence-corrected chi connectivity index (χ3v) is 5.50. The number of anilines is 2. The molecule has 0 aliphatic rings. The molecule has 0 unspecified atom stereocenters. The second-order valence-corrected chi connectivity index (χ2v) is 8.04. The predicted octanol–water partition coefficient (Wildman–Crippen LogP) is 6.75. The molecule has 196 valence electrons. The van der Waals surface area contributed by atoms with Gasteiger partial charge in [-0.25, -0.2) is 4.39 Å². The molecule has 0 radical (unpaired) electrons. The molecule has 0 saturated carbocycles. The van der Waals surface area contributed by atoms with Crippen LogP contribution in [0.2, 0.25) is 0 Å². The van der Waals surface area contributed by atoms with Crippen molar-refractivity contribution in [1.82, 2.24) is 4.98 Å². The van der Waals surface area contributed by atoms with Crippen LogP contribution in [0.1, 0.15) is 44.5 Å². The molecule has 2 amide bonds. The largest absolute Gasteiger partial charge is 0.435 e. The number of rotatable bonds is 6. The van der Waals surface area contributed by atoms with Crippen molar-refractivity contribution in [2.45, 2.75) is 38.3 Å². The summed E-state index contributed by atoms with van der Waals surface area (Å²) in [5.74, 6) is -1.29. The van der Waals surface area contributed by atoms with E-state index < -0.39 is 35.4 Å². The second-order valence-electron chi connectivity index (χ2n) is 8.04. The smallest absolute Gasteiger partial charge is 0.321 e. The van der Waals surface area contributed by atoms with Gasteiger partial charge in [0.1, 0.15) is 5.69 Å². The van der Waals surface area contributed by atoms with Crippen LogP contribution in [-0.2, 0) is 12.1 Å². The van der Waals surface area contributed by atoms with E-state index in [1.54, 1.807) is 12.1 Å². The monoisotopic (exact) mass is 527 g/mol. The van der Waals surface area contributed by atoms with E-state index in [2.05, 4.69) is 15.6 Å².